The third kappa shape index (κ3) is 3.24. The quantitative estimate of drug-likeness (QED) is 0.835. The van der Waals surface area contributed by atoms with Crippen molar-refractivity contribution in [1.82, 2.24) is 4.72 Å². The molecule has 106 valence electrons. The molecule has 6 heteroatoms. The number of benzene rings is 1. The molecule has 1 aliphatic heterocycles. The van der Waals surface area contributed by atoms with E-state index < -0.39 is 10.0 Å². The van der Waals surface area contributed by atoms with Gasteiger partial charge in [-0.25, -0.2) is 13.1 Å². The molecule has 1 aromatic carbocycles. The third-order valence-corrected chi connectivity index (χ3v) is 6.43. The molecule has 1 aliphatic rings. The van der Waals surface area contributed by atoms with Gasteiger partial charge in [0.1, 0.15) is 4.90 Å². The molecule has 0 spiro atoms. The summed E-state index contributed by atoms with van der Waals surface area (Å²) in [5.41, 5.74) is 7.76. The lowest BCUT2D eigenvalue weighted by Gasteiger charge is -2.15. The predicted octanol–water partition coefficient (Wildman–Crippen LogP) is 2.06. The molecule has 3 N–H and O–H groups in total. The van der Waals surface area contributed by atoms with E-state index in [1.807, 2.05) is 24.8 Å². The van der Waals surface area contributed by atoms with Gasteiger partial charge in [0, 0.05) is 11.8 Å². The van der Waals surface area contributed by atoms with Crippen LogP contribution in [0.15, 0.2) is 17.0 Å². The smallest absolute Gasteiger partial charge is 0.242 e. The van der Waals surface area contributed by atoms with Crippen molar-refractivity contribution in [3.8, 4) is 0 Å². The molecule has 2 rings (SSSR count). The summed E-state index contributed by atoms with van der Waals surface area (Å²) < 4.78 is 27.5. The van der Waals surface area contributed by atoms with Gasteiger partial charge in [-0.2, -0.15) is 11.8 Å². The largest absolute Gasteiger partial charge is 0.397 e. The highest BCUT2D eigenvalue weighted by Gasteiger charge is 2.23. The zero-order valence-corrected chi connectivity index (χ0v) is 12.9. The second-order valence-electron chi connectivity index (χ2n) is 4.93. The van der Waals surface area contributed by atoms with Gasteiger partial charge < -0.3 is 5.73 Å². The Morgan fingerprint density at radius 3 is 2.68 bits per heavy atom. The molecule has 0 amide bonds. The van der Waals surface area contributed by atoms with Gasteiger partial charge in [0.15, 0.2) is 0 Å². The van der Waals surface area contributed by atoms with Crippen LogP contribution in [0, 0.1) is 13.8 Å². The first-order chi connectivity index (χ1) is 8.92. The minimum Gasteiger partial charge on any atom is -0.397 e. The van der Waals surface area contributed by atoms with Crippen molar-refractivity contribution in [3.63, 3.8) is 0 Å². The number of nitrogens with two attached hydrogens (primary N) is 1. The monoisotopic (exact) mass is 300 g/mol. The van der Waals surface area contributed by atoms with E-state index in [1.165, 1.54) is 6.42 Å². The lowest BCUT2D eigenvalue weighted by atomic mass is 10.1. The van der Waals surface area contributed by atoms with E-state index in [-0.39, 0.29) is 4.90 Å². The molecule has 1 fully saturated rings. The molecule has 4 nitrogen and oxygen atoms in total. The second-order valence-corrected chi connectivity index (χ2v) is 8.04. The van der Waals surface area contributed by atoms with Crippen molar-refractivity contribution < 1.29 is 8.42 Å². The Kier molecular flexibility index (Phi) is 4.43. The number of anilines is 1. The normalized spacial score (nSPS) is 19.8. The van der Waals surface area contributed by atoms with Crippen LogP contribution in [0.2, 0.25) is 0 Å². The maximum atomic E-state index is 12.4. The minimum absolute atomic E-state index is 0.232. The van der Waals surface area contributed by atoms with Crippen molar-refractivity contribution in [2.45, 2.75) is 36.8 Å². The highest BCUT2D eigenvalue weighted by Crippen LogP contribution is 2.28. The summed E-state index contributed by atoms with van der Waals surface area (Å²) >= 11 is 1.83. The second kappa shape index (κ2) is 5.73. The van der Waals surface area contributed by atoms with Gasteiger partial charge >= 0.3 is 0 Å². The lowest BCUT2D eigenvalue weighted by molar-refractivity contribution is 0.579. The van der Waals surface area contributed by atoms with Gasteiger partial charge in [0.2, 0.25) is 10.0 Å². The number of aryl methyl sites for hydroxylation is 2. The molecule has 1 unspecified atom stereocenters. The number of sulfonamides is 1. The van der Waals surface area contributed by atoms with Crippen LogP contribution in [-0.2, 0) is 10.0 Å². The van der Waals surface area contributed by atoms with Gasteiger partial charge in [-0.05, 0) is 43.6 Å². The zero-order valence-electron chi connectivity index (χ0n) is 11.3. The highest BCUT2D eigenvalue weighted by atomic mass is 32.2. The van der Waals surface area contributed by atoms with Crippen LogP contribution in [0.1, 0.15) is 24.0 Å². The van der Waals surface area contributed by atoms with Crippen LogP contribution < -0.4 is 10.5 Å². The summed E-state index contributed by atoms with van der Waals surface area (Å²) in [6, 6.07) is 3.64. The number of hydrogen-bond donors (Lipinski definition) is 2. The molecular formula is C13H20N2O2S2. The Labute approximate surface area is 119 Å². The Hall–Kier alpha value is -0.720. The van der Waals surface area contributed by atoms with Crippen molar-refractivity contribution in [1.29, 1.82) is 0 Å². The minimum atomic E-state index is -3.52. The average molecular weight is 300 g/mol. The maximum absolute atomic E-state index is 12.4. The van der Waals surface area contributed by atoms with E-state index in [1.54, 1.807) is 13.0 Å². The van der Waals surface area contributed by atoms with Crippen LogP contribution >= 0.6 is 11.8 Å². The van der Waals surface area contributed by atoms with Crippen LogP contribution in [0.5, 0.6) is 0 Å². The SMILES string of the molecule is Cc1ccc(C)c(S(=O)(=O)NCC2CCCS2)c1N. The van der Waals surface area contributed by atoms with Gasteiger partial charge in [0.25, 0.3) is 0 Å². The number of hydrogen-bond acceptors (Lipinski definition) is 4. The van der Waals surface area contributed by atoms with E-state index in [0.717, 1.165) is 17.7 Å². The van der Waals surface area contributed by atoms with Crippen molar-refractivity contribution in [3.05, 3.63) is 23.3 Å². The van der Waals surface area contributed by atoms with Crippen LogP contribution in [-0.4, -0.2) is 26.0 Å². The van der Waals surface area contributed by atoms with E-state index >= 15 is 0 Å². The summed E-state index contributed by atoms with van der Waals surface area (Å²) in [4.78, 5) is 0.232. The molecule has 19 heavy (non-hydrogen) atoms. The van der Waals surface area contributed by atoms with Gasteiger partial charge in [-0.1, -0.05) is 12.1 Å². The number of rotatable bonds is 4. The van der Waals surface area contributed by atoms with Crippen molar-refractivity contribution in [2.75, 3.05) is 18.0 Å². The molecule has 0 aromatic heterocycles. The Morgan fingerprint density at radius 2 is 2.05 bits per heavy atom. The Morgan fingerprint density at radius 1 is 1.37 bits per heavy atom. The van der Waals surface area contributed by atoms with E-state index in [0.29, 0.717) is 23.0 Å². The molecule has 1 atom stereocenters. The summed E-state index contributed by atoms with van der Waals surface area (Å²) in [5.74, 6) is 1.12. The van der Waals surface area contributed by atoms with E-state index in [9.17, 15) is 8.42 Å². The zero-order chi connectivity index (χ0) is 14.0. The lowest BCUT2D eigenvalue weighted by Crippen LogP contribution is -2.31. The summed E-state index contributed by atoms with van der Waals surface area (Å²) in [6.45, 7) is 4.08. The van der Waals surface area contributed by atoms with Crippen LogP contribution in [0.3, 0.4) is 0 Å². The standard InChI is InChI=1S/C13H20N2O2S2/c1-9-5-6-10(2)13(12(9)14)19(16,17)15-8-11-4-3-7-18-11/h5-6,11,15H,3-4,7-8,14H2,1-2H3. The van der Waals surface area contributed by atoms with Crippen molar-refractivity contribution in [2.24, 2.45) is 0 Å². The van der Waals surface area contributed by atoms with E-state index in [4.69, 9.17) is 5.73 Å². The molecule has 1 heterocycles. The first-order valence-corrected chi connectivity index (χ1v) is 8.92. The molecular weight excluding hydrogens is 280 g/mol. The topological polar surface area (TPSA) is 72.2 Å². The predicted molar refractivity (Wildman–Crippen MR) is 81.0 cm³/mol. The summed E-state index contributed by atoms with van der Waals surface area (Å²) in [7, 11) is -3.52. The third-order valence-electron chi connectivity index (χ3n) is 3.40. The highest BCUT2D eigenvalue weighted by molar-refractivity contribution is 8.00. The number of thioether (sulfide) groups is 1. The maximum Gasteiger partial charge on any atom is 0.242 e. The van der Waals surface area contributed by atoms with Crippen LogP contribution in [0.4, 0.5) is 5.69 Å². The number of nitrogen functional groups attached to an aromatic ring is 1. The van der Waals surface area contributed by atoms with E-state index in [2.05, 4.69) is 4.72 Å². The number of nitrogens with one attached hydrogen (secondary N) is 1. The van der Waals surface area contributed by atoms with Crippen LogP contribution in [0.25, 0.3) is 0 Å². The van der Waals surface area contributed by atoms with Gasteiger partial charge in [-0.3, -0.25) is 0 Å². The summed E-state index contributed by atoms with van der Waals surface area (Å²) in [6.07, 6.45) is 2.25. The first kappa shape index (κ1) is 14.7. The summed E-state index contributed by atoms with van der Waals surface area (Å²) in [5, 5.41) is 0.390. The Bertz CT molecular complexity index is 564. The molecule has 0 aliphatic carbocycles. The van der Waals surface area contributed by atoms with Gasteiger partial charge in [0.05, 0.1) is 5.69 Å². The first-order valence-electron chi connectivity index (χ1n) is 6.39. The fourth-order valence-corrected chi connectivity index (χ4v) is 5.06. The molecule has 1 aromatic rings. The fourth-order valence-electron chi connectivity index (χ4n) is 2.24. The molecule has 0 saturated carbocycles. The fraction of sp³-hybridized carbons (Fsp3) is 0.538. The molecule has 0 radical (unpaired) electrons. The Balaban J connectivity index is 2.21. The molecule has 1 saturated heterocycles. The molecule has 0 bridgehead atoms. The average Bonchev–Trinajstić information content (AvgIpc) is 2.85. The van der Waals surface area contributed by atoms with Crippen molar-refractivity contribution >= 4 is 27.5 Å². The van der Waals surface area contributed by atoms with Gasteiger partial charge in [-0.15, -0.1) is 0 Å².